The van der Waals surface area contributed by atoms with E-state index in [0.29, 0.717) is 12.1 Å². The van der Waals surface area contributed by atoms with Crippen LogP contribution in [0.3, 0.4) is 0 Å². The molecule has 4 heteroatoms. The highest BCUT2D eigenvalue weighted by atomic mass is 79.9. The van der Waals surface area contributed by atoms with Gasteiger partial charge in [-0.15, -0.1) is 0 Å². The highest BCUT2D eigenvalue weighted by molar-refractivity contribution is 9.10. The molecule has 1 aliphatic rings. The van der Waals surface area contributed by atoms with E-state index in [0.717, 1.165) is 23.9 Å². The topological polar surface area (TPSA) is 29.1 Å². The van der Waals surface area contributed by atoms with Crippen molar-refractivity contribution < 1.29 is 9.18 Å². The maximum atomic E-state index is 13.6. The molecule has 0 amide bonds. The van der Waals surface area contributed by atoms with Crippen LogP contribution >= 0.6 is 15.9 Å². The minimum atomic E-state index is -0.354. The second-order valence-corrected chi connectivity index (χ2v) is 6.09. The van der Waals surface area contributed by atoms with Gasteiger partial charge in [0.2, 0.25) is 0 Å². The minimum Gasteiger partial charge on any atom is -0.316 e. The van der Waals surface area contributed by atoms with Crippen LogP contribution in [0.25, 0.3) is 0 Å². The molecule has 0 spiro atoms. The Morgan fingerprint density at radius 2 is 2.33 bits per heavy atom. The SMILES string of the molecule is CC1(C(=O)Cc2cc(Br)ccc2F)CCCNC1. The lowest BCUT2D eigenvalue weighted by atomic mass is 9.77. The number of benzene rings is 1. The standard InChI is InChI=1S/C14H17BrFNO/c1-14(5-2-6-17-9-14)13(18)8-10-7-11(15)3-4-12(10)16/h3-4,7,17H,2,5-6,8-9H2,1H3. The monoisotopic (exact) mass is 313 g/mol. The number of hydrogen-bond donors (Lipinski definition) is 1. The van der Waals surface area contributed by atoms with Crippen molar-refractivity contribution in [3.05, 3.63) is 34.1 Å². The van der Waals surface area contributed by atoms with Crippen LogP contribution < -0.4 is 5.32 Å². The van der Waals surface area contributed by atoms with E-state index in [1.807, 2.05) is 6.92 Å². The molecular formula is C14H17BrFNO. The summed E-state index contributed by atoms with van der Waals surface area (Å²) >= 11 is 3.31. The van der Waals surface area contributed by atoms with Gasteiger partial charge in [0.1, 0.15) is 11.6 Å². The maximum Gasteiger partial charge on any atom is 0.144 e. The van der Waals surface area contributed by atoms with Crippen LogP contribution in [-0.2, 0) is 11.2 Å². The number of nitrogens with one attached hydrogen (secondary N) is 1. The van der Waals surface area contributed by atoms with Crippen LogP contribution in [0.4, 0.5) is 4.39 Å². The van der Waals surface area contributed by atoms with Crippen molar-refractivity contribution >= 4 is 21.7 Å². The number of piperidine rings is 1. The molecule has 18 heavy (non-hydrogen) atoms. The quantitative estimate of drug-likeness (QED) is 0.929. The molecule has 2 rings (SSSR count). The van der Waals surface area contributed by atoms with E-state index in [4.69, 9.17) is 0 Å². The summed E-state index contributed by atoms with van der Waals surface area (Å²) in [7, 11) is 0. The predicted octanol–water partition coefficient (Wildman–Crippen LogP) is 3.09. The van der Waals surface area contributed by atoms with Gasteiger partial charge in [0.25, 0.3) is 0 Å². The third-order valence-electron chi connectivity index (χ3n) is 3.63. The van der Waals surface area contributed by atoms with E-state index < -0.39 is 0 Å². The van der Waals surface area contributed by atoms with Crippen LogP contribution in [0.1, 0.15) is 25.3 Å². The fraction of sp³-hybridized carbons (Fsp3) is 0.500. The van der Waals surface area contributed by atoms with Crippen molar-refractivity contribution in [1.29, 1.82) is 0 Å². The molecule has 0 saturated carbocycles. The van der Waals surface area contributed by atoms with E-state index >= 15 is 0 Å². The molecule has 1 heterocycles. The van der Waals surface area contributed by atoms with Gasteiger partial charge in [0.05, 0.1) is 0 Å². The van der Waals surface area contributed by atoms with Crippen molar-refractivity contribution in [1.82, 2.24) is 5.32 Å². The van der Waals surface area contributed by atoms with Crippen LogP contribution in [0.2, 0.25) is 0 Å². The molecule has 0 aliphatic carbocycles. The Morgan fingerprint density at radius 1 is 1.56 bits per heavy atom. The Balaban J connectivity index is 2.13. The lowest BCUT2D eigenvalue weighted by molar-refractivity contribution is -0.128. The number of carbonyl (C=O) groups excluding carboxylic acids is 1. The first-order chi connectivity index (χ1) is 8.51. The molecular weight excluding hydrogens is 297 g/mol. The van der Waals surface area contributed by atoms with Gasteiger partial charge < -0.3 is 5.32 Å². The summed E-state index contributed by atoms with van der Waals surface area (Å²) in [4.78, 5) is 12.3. The zero-order valence-corrected chi connectivity index (χ0v) is 12.0. The first-order valence-corrected chi connectivity index (χ1v) is 6.98. The smallest absolute Gasteiger partial charge is 0.144 e. The summed E-state index contributed by atoms with van der Waals surface area (Å²) < 4.78 is 14.4. The van der Waals surface area contributed by atoms with Gasteiger partial charge in [0, 0.05) is 22.9 Å². The van der Waals surface area contributed by atoms with Crippen LogP contribution in [0, 0.1) is 11.2 Å². The van der Waals surface area contributed by atoms with Crippen LogP contribution in [0.15, 0.2) is 22.7 Å². The summed E-state index contributed by atoms with van der Waals surface area (Å²) in [5, 5.41) is 3.24. The highest BCUT2D eigenvalue weighted by Crippen LogP contribution is 2.29. The van der Waals surface area contributed by atoms with Gasteiger partial charge in [-0.3, -0.25) is 4.79 Å². The average Bonchev–Trinajstić information content (AvgIpc) is 2.35. The number of rotatable bonds is 3. The molecule has 98 valence electrons. The van der Waals surface area contributed by atoms with E-state index in [1.165, 1.54) is 6.07 Å². The van der Waals surface area contributed by atoms with E-state index in [9.17, 15) is 9.18 Å². The van der Waals surface area contributed by atoms with E-state index in [2.05, 4.69) is 21.2 Å². The van der Waals surface area contributed by atoms with E-state index in [-0.39, 0.29) is 23.4 Å². The first-order valence-electron chi connectivity index (χ1n) is 6.19. The summed E-state index contributed by atoms with van der Waals surface area (Å²) in [5.41, 5.74) is 0.119. The molecule has 1 atom stereocenters. The Bertz CT molecular complexity index is 455. The molecule has 2 nitrogen and oxygen atoms in total. The largest absolute Gasteiger partial charge is 0.316 e. The number of Topliss-reactive ketones (excluding diaryl/α,β-unsaturated/α-hetero) is 1. The molecule has 1 fully saturated rings. The van der Waals surface area contributed by atoms with Crippen molar-refractivity contribution in [3.63, 3.8) is 0 Å². The lowest BCUT2D eigenvalue weighted by Crippen LogP contribution is -2.44. The van der Waals surface area contributed by atoms with Gasteiger partial charge >= 0.3 is 0 Å². The minimum absolute atomic E-state index is 0.117. The zero-order valence-electron chi connectivity index (χ0n) is 10.4. The van der Waals surface area contributed by atoms with Gasteiger partial charge in [-0.2, -0.15) is 0 Å². The van der Waals surface area contributed by atoms with Gasteiger partial charge in [0.15, 0.2) is 0 Å². The summed E-state index contributed by atoms with van der Waals surface area (Å²) in [6.07, 6.45) is 2.06. The summed E-state index contributed by atoms with van der Waals surface area (Å²) in [5.74, 6) is -0.189. The second kappa shape index (κ2) is 5.49. The molecule has 0 radical (unpaired) electrons. The van der Waals surface area contributed by atoms with Crippen LogP contribution in [-0.4, -0.2) is 18.9 Å². The third kappa shape index (κ3) is 2.98. The zero-order chi connectivity index (χ0) is 13.2. The van der Waals surface area contributed by atoms with E-state index in [1.54, 1.807) is 12.1 Å². The fourth-order valence-electron chi connectivity index (χ4n) is 2.36. The molecule has 0 aromatic heterocycles. The third-order valence-corrected chi connectivity index (χ3v) is 4.12. The molecule has 1 aromatic rings. The normalized spacial score (nSPS) is 23.9. The second-order valence-electron chi connectivity index (χ2n) is 5.18. The van der Waals surface area contributed by atoms with Gasteiger partial charge in [-0.25, -0.2) is 4.39 Å². The molecule has 1 aliphatic heterocycles. The first kappa shape index (κ1) is 13.7. The molecule has 0 bridgehead atoms. The Labute approximate surface area is 115 Å². The number of ketones is 1. The highest BCUT2D eigenvalue weighted by Gasteiger charge is 2.34. The summed E-state index contributed by atoms with van der Waals surface area (Å²) in [6, 6.07) is 4.73. The van der Waals surface area contributed by atoms with Gasteiger partial charge in [-0.1, -0.05) is 22.9 Å². The van der Waals surface area contributed by atoms with Crippen molar-refractivity contribution in [2.45, 2.75) is 26.2 Å². The molecule has 1 aromatic carbocycles. The predicted molar refractivity (Wildman–Crippen MR) is 73.0 cm³/mol. The number of carbonyl (C=O) groups is 1. The van der Waals surface area contributed by atoms with Crippen LogP contribution in [0.5, 0.6) is 0 Å². The number of halogens is 2. The number of hydrogen-bond acceptors (Lipinski definition) is 2. The fourth-order valence-corrected chi connectivity index (χ4v) is 2.77. The van der Waals surface area contributed by atoms with Gasteiger partial charge in [-0.05, 0) is 43.1 Å². The Morgan fingerprint density at radius 3 is 3.00 bits per heavy atom. The molecule has 1 saturated heterocycles. The Hall–Kier alpha value is -0.740. The van der Waals surface area contributed by atoms with Crippen molar-refractivity contribution in [3.8, 4) is 0 Å². The van der Waals surface area contributed by atoms with Crippen molar-refractivity contribution in [2.24, 2.45) is 5.41 Å². The maximum absolute atomic E-state index is 13.6. The molecule has 1 unspecified atom stereocenters. The average molecular weight is 314 g/mol. The molecule has 1 N–H and O–H groups in total. The Kier molecular flexibility index (Phi) is 4.17. The summed E-state index contributed by atoms with van der Waals surface area (Å²) in [6.45, 7) is 3.63. The van der Waals surface area contributed by atoms with Crippen molar-refractivity contribution in [2.75, 3.05) is 13.1 Å². The lowest BCUT2D eigenvalue weighted by Gasteiger charge is -2.32.